The molecule has 1 aromatic carbocycles. The van der Waals surface area contributed by atoms with Crippen molar-refractivity contribution in [2.24, 2.45) is 17.4 Å². The lowest BCUT2D eigenvalue weighted by Crippen LogP contribution is -2.55. The third kappa shape index (κ3) is 5.56. The van der Waals surface area contributed by atoms with E-state index in [1.165, 1.54) is 0 Å². The third-order valence-corrected chi connectivity index (χ3v) is 7.10. The van der Waals surface area contributed by atoms with E-state index < -0.39 is 23.2 Å². The Bertz CT molecular complexity index is 1180. The standard InChI is InChI=1S/C25H28N6O3S/c1-4-17-18(10-26)23(31-12-16(13-31)34-25(33)20(28)14(2)3)30-24(19(17)11-27)35-21(22(29)32)15-8-6-5-7-9-15/h5-9,14,16,20-21H,4,12-13,28H2,1-3H3,(H2,29,32)/t20-,21?/m1/s1. The van der Waals surface area contributed by atoms with Crippen LogP contribution in [-0.4, -0.2) is 42.1 Å². The Morgan fingerprint density at radius 1 is 1.20 bits per heavy atom. The molecular weight excluding hydrogens is 464 g/mol. The number of primary amides is 1. The van der Waals surface area contributed by atoms with Crippen molar-refractivity contribution >= 4 is 29.5 Å². The SMILES string of the molecule is CCc1c(C#N)c(SC(C(N)=O)c2ccccc2)nc(N2CC(OC(=O)[C@H](N)C(C)C)C2)c1C#N. The maximum absolute atomic E-state index is 12.3. The molecular formula is C25H28N6O3S. The Labute approximate surface area is 209 Å². The third-order valence-electron chi connectivity index (χ3n) is 5.84. The van der Waals surface area contributed by atoms with Crippen LogP contribution in [0.4, 0.5) is 5.82 Å². The molecule has 0 saturated carbocycles. The fourth-order valence-electron chi connectivity index (χ4n) is 3.73. The van der Waals surface area contributed by atoms with E-state index >= 15 is 0 Å². The molecule has 10 heteroatoms. The molecule has 1 aliphatic rings. The summed E-state index contributed by atoms with van der Waals surface area (Å²) in [4.78, 5) is 30.9. The van der Waals surface area contributed by atoms with E-state index in [0.29, 0.717) is 47.0 Å². The number of nitrogens with two attached hydrogens (primary N) is 2. The second-order valence-electron chi connectivity index (χ2n) is 8.59. The highest BCUT2D eigenvalue weighted by Gasteiger charge is 2.36. The second-order valence-corrected chi connectivity index (χ2v) is 9.68. The molecule has 1 saturated heterocycles. The number of thioether (sulfide) groups is 1. The minimum atomic E-state index is -0.760. The van der Waals surface area contributed by atoms with Gasteiger partial charge in [0.2, 0.25) is 5.91 Å². The number of amides is 1. The number of carbonyl (C=O) groups is 2. The van der Waals surface area contributed by atoms with Crippen molar-refractivity contribution in [3.8, 4) is 12.1 Å². The monoisotopic (exact) mass is 492 g/mol. The van der Waals surface area contributed by atoms with Gasteiger partial charge in [-0.3, -0.25) is 9.59 Å². The Kier molecular flexibility index (Phi) is 8.34. The van der Waals surface area contributed by atoms with E-state index in [1.807, 2.05) is 31.7 Å². The number of benzene rings is 1. The van der Waals surface area contributed by atoms with Gasteiger partial charge in [0.15, 0.2) is 0 Å². The van der Waals surface area contributed by atoms with Gasteiger partial charge < -0.3 is 21.1 Å². The molecule has 3 rings (SSSR count). The first-order valence-corrected chi connectivity index (χ1v) is 12.2. The van der Waals surface area contributed by atoms with Gasteiger partial charge in [0.05, 0.1) is 24.2 Å². The van der Waals surface area contributed by atoms with Crippen LogP contribution in [0.1, 0.15) is 48.3 Å². The van der Waals surface area contributed by atoms with Crippen molar-refractivity contribution in [2.75, 3.05) is 18.0 Å². The maximum Gasteiger partial charge on any atom is 0.323 e. The zero-order chi connectivity index (χ0) is 25.7. The van der Waals surface area contributed by atoms with Crippen molar-refractivity contribution in [1.82, 2.24) is 4.98 Å². The molecule has 1 aromatic heterocycles. The lowest BCUT2D eigenvalue weighted by molar-refractivity contribution is -0.152. The summed E-state index contributed by atoms with van der Waals surface area (Å²) in [6.45, 7) is 6.23. The van der Waals surface area contributed by atoms with Crippen LogP contribution >= 0.6 is 11.8 Å². The number of carbonyl (C=O) groups excluding carboxylic acids is 2. The topological polar surface area (TPSA) is 159 Å². The van der Waals surface area contributed by atoms with Crippen molar-refractivity contribution in [2.45, 2.75) is 49.6 Å². The predicted molar refractivity (Wildman–Crippen MR) is 132 cm³/mol. The minimum Gasteiger partial charge on any atom is -0.457 e. The molecule has 1 aliphatic heterocycles. The number of nitrogens with zero attached hydrogens (tertiary/aromatic N) is 4. The van der Waals surface area contributed by atoms with Crippen LogP contribution < -0.4 is 16.4 Å². The van der Waals surface area contributed by atoms with Crippen LogP contribution in [0.3, 0.4) is 0 Å². The van der Waals surface area contributed by atoms with Gasteiger partial charge in [-0.1, -0.05) is 62.9 Å². The van der Waals surface area contributed by atoms with Gasteiger partial charge in [0.1, 0.15) is 40.4 Å². The first-order chi connectivity index (χ1) is 16.7. The average Bonchev–Trinajstić information content (AvgIpc) is 2.82. The van der Waals surface area contributed by atoms with Crippen LogP contribution in [0.25, 0.3) is 0 Å². The number of ether oxygens (including phenoxy) is 1. The van der Waals surface area contributed by atoms with E-state index in [2.05, 4.69) is 17.1 Å². The fourth-order valence-corrected chi connectivity index (χ4v) is 4.79. The summed E-state index contributed by atoms with van der Waals surface area (Å²) < 4.78 is 5.49. The molecule has 1 amide bonds. The second kappa shape index (κ2) is 11.2. The number of rotatable bonds is 9. The van der Waals surface area contributed by atoms with E-state index in [4.69, 9.17) is 16.2 Å². The van der Waals surface area contributed by atoms with Crippen LogP contribution in [-0.2, 0) is 20.7 Å². The molecule has 2 atom stereocenters. The molecule has 182 valence electrons. The molecule has 0 radical (unpaired) electrons. The van der Waals surface area contributed by atoms with Gasteiger partial charge in [-0.2, -0.15) is 10.5 Å². The number of esters is 1. The van der Waals surface area contributed by atoms with Crippen LogP contribution in [0, 0.1) is 28.6 Å². The number of aromatic nitrogens is 1. The lowest BCUT2D eigenvalue weighted by Gasteiger charge is -2.40. The molecule has 2 heterocycles. The normalized spacial score (nSPS) is 15.0. The highest BCUT2D eigenvalue weighted by Crippen LogP contribution is 2.40. The molecule has 2 aromatic rings. The highest BCUT2D eigenvalue weighted by atomic mass is 32.2. The van der Waals surface area contributed by atoms with Crippen LogP contribution in [0.5, 0.6) is 0 Å². The smallest absolute Gasteiger partial charge is 0.323 e. The van der Waals surface area contributed by atoms with E-state index in [-0.39, 0.29) is 17.6 Å². The van der Waals surface area contributed by atoms with Gasteiger partial charge in [-0.25, -0.2) is 4.98 Å². The maximum atomic E-state index is 12.3. The zero-order valence-corrected chi connectivity index (χ0v) is 20.7. The van der Waals surface area contributed by atoms with Crippen molar-refractivity contribution in [1.29, 1.82) is 10.5 Å². The van der Waals surface area contributed by atoms with E-state index in [1.54, 1.807) is 24.3 Å². The number of hydrogen-bond acceptors (Lipinski definition) is 9. The Morgan fingerprint density at radius 3 is 2.34 bits per heavy atom. The van der Waals surface area contributed by atoms with Gasteiger partial charge in [-0.05, 0) is 23.5 Å². The summed E-state index contributed by atoms with van der Waals surface area (Å²) in [7, 11) is 0. The quantitative estimate of drug-likeness (QED) is 0.396. The first kappa shape index (κ1) is 26.0. The summed E-state index contributed by atoms with van der Waals surface area (Å²) in [5.74, 6) is -0.676. The molecule has 0 bridgehead atoms. The van der Waals surface area contributed by atoms with Crippen molar-refractivity contribution in [3.63, 3.8) is 0 Å². The largest absolute Gasteiger partial charge is 0.457 e. The molecule has 4 N–H and O–H groups in total. The average molecular weight is 493 g/mol. The Balaban J connectivity index is 1.93. The van der Waals surface area contributed by atoms with Crippen LogP contribution in [0.2, 0.25) is 0 Å². The van der Waals surface area contributed by atoms with Crippen LogP contribution in [0.15, 0.2) is 35.4 Å². The van der Waals surface area contributed by atoms with Gasteiger partial charge in [0.25, 0.3) is 0 Å². The summed E-state index contributed by atoms with van der Waals surface area (Å²) in [6.07, 6.45) is 0.0527. The number of anilines is 1. The van der Waals surface area contributed by atoms with E-state index in [0.717, 1.165) is 11.8 Å². The van der Waals surface area contributed by atoms with Crippen molar-refractivity contribution in [3.05, 3.63) is 52.6 Å². The molecule has 35 heavy (non-hydrogen) atoms. The predicted octanol–water partition coefficient (Wildman–Crippen LogP) is 2.42. The fraction of sp³-hybridized carbons (Fsp3) is 0.400. The molecule has 0 spiro atoms. The number of nitriles is 2. The van der Waals surface area contributed by atoms with Crippen molar-refractivity contribution < 1.29 is 14.3 Å². The molecule has 1 unspecified atom stereocenters. The van der Waals surface area contributed by atoms with E-state index in [9.17, 15) is 20.1 Å². The summed E-state index contributed by atoms with van der Waals surface area (Å²) >= 11 is 1.09. The Hall–Kier alpha value is -3.60. The summed E-state index contributed by atoms with van der Waals surface area (Å²) in [5.41, 5.74) is 13.4. The van der Waals surface area contributed by atoms with Gasteiger partial charge >= 0.3 is 5.97 Å². The summed E-state index contributed by atoms with van der Waals surface area (Å²) in [6, 6.07) is 12.7. The van der Waals surface area contributed by atoms with Gasteiger partial charge in [0, 0.05) is 0 Å². The minimum absolute atomic E-state index is 0.0430. The lowest BCUT2D eigenvalue weighted by atomic mass is 10.0. The first-order valence-electron chi connectivity index (χ1n) is 11.3. The molecule has 0 aliphatic carbocycles. The highest BCUT2D eigenvalue weighted by molar-refractivity contribution is 8.00. The van der Waals surface area contributed by atoms with Gasteiger partial charge in [-0.15, -0.1) is 0 Å². The molecule has 1 fully saturated rings. The number of pyridine rings is 1. The summed E-state index contributed by atoms with van der Waals surface area (Å²) in [5, 5.41) is 19.4. The Morgan fingerprint density at radius 2 is 1.83 bits per heavy atom. The molecule has 9 nitrogen and oxygen atoms in total. The zero-order valence-electron chi connectivity index (χ0n) is 19.9. The number of hydrogen-bond donors (Lipinski definition) is 2.